The maximum absolute atomic E-state index is 5.98. The molecule has 1 heterocycles. The van der Waals surface area contributed by atoms with Crippen molar-refractivity contribution >= 4 is 11.0 Å². The van der Waals surface area contributed by atoms with Gasteiger partial charge in [-0.2, -0.15) is 0 Å². The predicted octanol–water partition coefficient (Wildman–Crippen LogP) is 3.89. The Kier molecular flexibility index (Phi) is 4.86. The minimum Gasteiger partial charge on any atom is -0.497 e. The molecule has 0 aliphatic carbocycles. The van der Waals surface area contributed by atoms with E-state index in [2.05, 4.69) is 25.2 Å². The van der Waals surface area contributed by atoms with E-state index in [0.29, 0.717) is 0 Å². The number of benzene rings is 1. The molecule has 2 rings (SSSR count). The number of rotatable bonds is 7. The zero-order valence-corrected chi connectivity index (χ0v) is 12.1. The fourth-order valence-electron chi connectivity index (χ4n) is 2.35. The van der Waals surface area contributed by atoms with Crippen LogP contribution in [0.25, 0.3) is 11.0 Å². The molecule has 1 N–H and O–H groups in total. The number of nitrogens with one attached hydrogen (secondary N) is 1. The average Bonchev–Trinajstić information content (AvgIpc) is 2.77. The molecule has 0 bridgehead atoms. The number of aryl methyl sites for hydroxylation is 1. The second-order valence-corrected chi connectivity index (χ2v) is 4.79. The van der Waals surface area contributed by atoms with E-state index in [1.807, 2.05) is 12.1 Å². The van der Waals surface area contributed by atoms with Gasteiger partial charge in [-0.3, -0.25) is 0 Å². The van der Waals surface area contributed by atoms with Crippen molar-refractivity contribution in [2.45, 2.75) is 39.7 Å². The van der Waals surface area contributed by atoms with Gasteiger partial charge in [0.1, 0.15) is 17.1 Å². The van der Waals surface area contributed by atoms with Crippen LogP contribution in [0.5, 0.6) is 5.75 Å². The molecule has 1 aromatic heterocycles. The molecule has 0 saturated heterocycles. The van der Waals surface area contributed by atoms with Gasteiger partial charge in [0.05, 0.1) is 13.7 Å². The molecule has 0 radical (unpaired) electrons. The normalized spacial score (nSPS) is 11.1. The molecule has 0 fully saturated rings. The zero-order valence-electron chi connectivity index (χ0n) is 12.1. The Morgan fingerprint density at radius 1 is 1.21 bits per heavy atom. The first-order valence-electron chi connectivity index (χ1n) is 7.09. The Morgan fingerprint density at radius 3 is 2.74 bits per heavy atom. The van der Waals surface area contributed by atoms with Gasteiger partial charge in [-0.15, -0.1) is 0 Å². The van der Waals surface area contributed by atoms with Gasteiger partial charge >= 0.3 is 0 Å². The highest BCUT2D eigenvalue weighted by Gasteiger charge is 2.13. The first-order chi connectivity index (χ1) is 9.30. The Balaban J connectivity index is 2.36. The van der Waals surface area contributed by atoms with Crippen LogP contribution in [0.15, 0.2) is 22.6 Å². The van der Waals surface area contributed by atoms with Crippen LogP contribution in [0, 0.1) is 0 Å². The molecule has 0 amide bonds. The van der Waals surface area contributed by atoms with Gasteiger partial charge in [0.2, 0.25) is 0 Å². The third kappa shape index (κ3) is 3.10. The Bertz CT molecular complexity index is 531. The molecule has 0 atom stereocenters. The first kappa shape index (κ1) is 13.9. The summed E-state index contributed by atoms with van der Waals surface area (Å²) in [5.74, 6) is 1.96. The summed E-state index contributed by atoms with van der Waals surface area (Å²) in [6.07, 6.45) is 3.30. The van der Waals surface area contributed by atoms with Crippen molar-refractivity contribution in [2.24, 2.45) is 0 Å². The number of fused-ring (bicyclic) bond motifs is 1. The third-order valence-corrected chi connectivity index (χ3v) is 3.29. The molecule has 0 spiro atoms. The molecule has 0 aliphatic rings. The molecule has 1 aromatic carbocycles. The Morgan fingerprint density at radius 2 is 2.05 bits per heavy atom. The first-order valence-corrected chi connectivity index (χ1v) is 7.09. The molecule has 0 aliphatic heterocycles. The second-order valence-electron chi connectivity index (χ2n) is 4.79. The van der Waals surface area contributed by atoms with Gasteiger partial charge in [0, 0.05) is 10.9 Å². The molecule has 3 heteroatoms. The second kappa shape index (κ2) is 6.62. The fourth-order valence-corrected chi connectivity index (χ4v) is 2.35. The minimum absolute atomic E-state index is 0.806. The van der Waals surface area contributed by atoms with Crippen LogP contribution < -0.4 is 10.1 Å². The van der Waals surface area contributed by atoms with Crippen LogP contribution in [0.2, 0.25) is 0 Å². The van der Waals surface area contributed by atoms with Gasteiger partial charge in [0.15, 0.2) is 0 Å². The summed E-state index contributed by atoms with van der Waals surface area (Å²) in [5, 5.41) is 4.60. The van der Waals surface area contributed by atoms with Crippen molar-refractivity contribution < 1.29 is 9.15 Å². The third-order valence-electron chi connectivity index (χ3n) is 3.29. The topological polar surface area (TPSA) is 34.4 Å². The SMILES string of the molecule is CCCNCc1oc2ccc(OC)cc2c1CCC. The van der Waals surface area contributed by atoms with Crippen molar-refractivity contribution in [1.82, 2.24) is 5.32 Å². The van der Waals surface area contributed by atoms with Crippen molar-refractivity contribution in [1.29, 1.82) is 0 Å². The molecule has 104 valence electrons. The van der Waals surface area contributed by atoms with Crippen molar-refractivity contribution in [3.05, 3.63) is 29.5 Å². The van der Waals surface area contributed by atoms with Crippen LogP contribution in [-0.4, -0.2) is 13.7 Å². The van der Waals surface area contributed by atoms with Gasteiger partial charge in [-0.05, 0) is 37.6 Å². The average molecular weight is 261 g/mol. The summed E-state index contributed by atoms with van der Waals surface area (Å²) in [5.41, 5.74) is 2.28. The maximum atomic E-state index is 5.98. The van der Waals surface area contributed by atoms with E-state index in [0.717, 1.165) is 49.4 Å². The summed E-state index contributed by atoms with van der Waals surface area (Å²) >= 11 is 0. The Labute approximate surface area is 114 Å². The van der Waals surface area contributed by atoms with Crippen LogP contribution in [0.3, 0.4) is 0 Å². The number of hydrogen-bond acceptors (Lipinski definition) is 3. The van der Waals surface area contributed by atoms with E-state index >= 15 is 0 Å². The lowest BCUT2D eigenvalue weighted by Gasteiger charge is -2.03. The van der Waals surface area contributed by atoms with E-state index in [9.17, 15) is 0 Å². The summed E-state index contributed by atoms with van der Waals surface area (Å²) in [7, 11) is 1.70. The molecular weight excluding hydrogens is 238 g/mol. The van der Waals surface area contributed by atoms with Crippen molar-refractivity contribution in [3.8, 4) is 5.75 Å². The predicted molar refractivity (Wildman–Crippen MR) is 78.8 cm³/mol. The molecule has 19 heavy (non-hydrogen) atoms. The highest BCUT2D eigenvalue weighted by molar-refractivity contribution is 5.83. The fraction of sp³-hybridized carbons (Fsp3) is 0.500. The van der Waals surface area contributed by atoms with Gasteiger partial charge in [-0.25, -0.2) is 0 Å². The van der Waals surface area contributed by atoms with Crippen LogP contribution in [0.4, 0.5) is 0 Å². The lowest BCUT2D eigenvalue weighted by Crippen LogP contribution is -2.14. The standard InChI is InChI=1S/C16H23NO2/c1-4-6-13-14-10-12(18-3)7-8-15(14)19-16(13)11-17-9-5-2/h7-8,10,17H,4-6,9,11H2,1-3H3. The number of furan rings is 1. The van der Waals surface area contributed by atoms with Gasteiger partial charge < -0.3 is 14.5 Å². The summed E-state index contributed by atoms with van der Waals surface area (Å²) in [6, 6.07) is 6.02. The van der Waals surface area contributed by atoms with Gasteiger partial charge in [0.25, 0.3) is 0 Å². The van der Waals surface area contributed by atoms with E-state index in [1.165, 1.54) is 10.9 Å². The molecule has 3 nitrogen and oxygen atoms in total. The highest BCUT2D eigenvalue weighted by Crippen LogP contribution is 2.30. The van der Waals surface area contributed by atoms with Crippen molar-refractivity contribution in [3.63, 3.8) is 0 Å². The lowest BCUT2D eigenvalue weighted by molar-refractivity contribution is 0.415. The van der Waals surface area contributed by atoms with Crippen molar-refractivity contribution in [2.75, 3.05) is 13.7 Å². The summed E-state index contributed by atoms with van der Waals surface area (Å²) < 4.78 is 11.3. The molecular formula is C16H23NO2. The quantitative estimate of drug-likeness (QED) is 0.768. The monoisotopic (exact) mass is 261 g/mol. The number of ether oxygens (including phenoxy) is 1. The minimum atomic E-state index is 0.806. The van der Waals surface area contributed by atoms with Crippen LogP contribution >= 0.6 is 0 Å². The van der Waals surface area contributed by atoms with Crippen LogP contribution in [0.1, 0.15) is 38.0 Å². The van der Waals surface area contributed by atoms with E-state index in [4.69, 9.17) is 9.15 Å². The van der Waals surface area contributed by atoms with E-state index < -0.39 is 0 Å². The summed E-state index contributed by atoms with van der Waals surface area (Å²) in [6.45, 7) is 6.19. The maximum Gasteiger partial charge on any atom is 0.134 e. The smallest absolute Gasteiger partial charge is 0.134 e. The zero-order chi connectivity index (χ0) is 13.7. The molecule has 0 saturated carbocycles. The number of methoxy groups -OCH3 is 1. The highest BCUT2D eigenvalue weighted by atomic mass is 16.5. The summed E-state index contributed by atoms with van der Waals surface area (Å²) in [4.78, 5) is 0. The molecule has 2 aromatic rings. The van der Waals surface area contributed by atoms with Crippen LogP contribution in [-0.2, 0) is 13.0 Å². The molecule has 0 unspecified atom stereocenters. The largest absolute Gasteiger partial charge is 0.497 e. The Hall–Kier alpha value is -1.48. The number of hydrogen-bond donors (Lipinski definition) is 1. The van der Waals surface area contributed by atoms with E-state index in [1.54, 1.807) is 7.11 Å². The van der Waals surface area contributed by atoms with E-state index in [-0.39, 0.29) is 0 Å². The van der Waals surface area contributed by atoms with Gasteiger partial charge in [-0.1, -0.05) is 20.3 Å². The lowest BCUT2D eigenvalue weighted by atomic mass is 10.1.